The number of piperidine rings is 1. The quantitative estimate of drug-likeness (QED) is 0.800. The molecule has 0 saturated carbocycles. The Labute approximate surface area is 179 Å². The molecule has 0 aliphatic carbocycles. The molecule has 5 heteroatoms. The van der Waals surface area contributed by atoms with Crippen LogP contribution in [-0.4, -0.2) is 36.6 Å². The van der Waals surface area contributed by atoms with E-state index in [1.165, 1.54) is 5.56 Å². The van der Waals surface area contributed by atoms with Gasteiger partial charge in [-0.05, 0) is 63.5 Å². The van der Waals surface area contributed by atoms with Crippen LogP contribution in [0.1, 0.15) is 50.3 Å². The Balaban J connectivity index is 1.38. The second-order valence-corrected chi connectivity index (χ2v) is 9.07. The van der Waals surface area contributed by atoms with Crippen molar-refractivity contribution in [2.75, 3.05) is 20.2 Å². The van der Waals surface area contributed by atoms with E-state index in [1.807, 2.05) is 24.3 Å². The number of nitrogens with zero attached hydrogens (tertiary/aromatic N) is 1. The van der Waals surface area contributed by atoms with Gasteiger partial charge in [0.2, 0.25) is 5.91 Å². The minimum absolute atomic E-state index is 0.0614. The largest absolute Gasteiger partial charge is 0.497 e. The number of rotatable bonds is 5. The standard InChI is InChI=1S/C25H32N2O3/c1-25(2)16-22(21-15-20(29-3)9-10-23(21)30-25)26-24(28)19-11-13-27(14-12-19)17-18-7-5-4-6-8-18/h4-10,15,19,22H,11-14,16-17H2,1-3H3,(H,26,28). The number of methoxy groups -OCH3 is 1. The number of carbonyl (C=O) groups is 1. The average Bonchev–Trinajstić information content (AvgIpc) is 2.74. The molecule has 2 aliphatic heterocycles. The van der Waals surface area contributed by atoms with Crippen molar-refractivity contribution in [1.29, 1.82) is 0 Å². The van der Waals surface area contributed by atoms with E-state index < -0.39 is 0 Å². The van der Waals surface area contributed by atoms with Crippen molar-refractivity contribution in [2.45, 2.75) is 51.3 Å². The molecule has 2 aromatic carbocycles. The highest BCUT2D eigenvalue weighted by Gasteiger charge is 2.36. The van der Waals surface area contributed by atoms with E-state index in [9.17, 15) is 4.79 Å². The first-order valence-corrected chi connectivity index (χ1v) is 10.9. The lowest BCUT2D eigenvalue weighted by atomic mass is 9.88. The predicted octanol–water partition coefficient (Wildman–Crippen LogP) is 4.33. The molecule has 5 nitrogen and oxygen atoms in total. The van der Waals surface area contributed by atoms with E-state index in [2.05, 4.69) is 48.3 Å². The van der Waals surface area contributed by atoms with Gasteiger partial charge in [-0.3, -0.25) is 9.69 Å². The third-order valence-electron chi connectivity index (χ3n) is 6.20. The summed E-state index contributed by atoms with van der Waals surface area (Å²) >= 11 is 0. The van der Waals surface area contributed by atoms with Gasteiger partial charge < -0.3 is 14.8 Å². The van der Waals surface area contributed by atoms with E-state index in [0.29, 0.717) is 0 Å². The van der Waals surface area contributed by atoms with E-state index in [4.69, 9.17) is 9.47 Å². The van der Waals surface area contributed by atoms with Crippen molar-refractivity contribution in [3.8, 4) is 11.5 Å². The van der Waals surface area contributed by atoms with E-state index in [-0.39, 0.29) is 23.5 Å². The van der Waals surface area contributed by atoms with Crippen LogP contribution in [0.15, 0.2) is 48.5 Å². The first-order chi connectivity index (χ1) is 14.4. The minimum Gasteiger partial charge on any atom is -0.497 e. The summed E-state index contributed by atoms with van der Waals surface area (Å²) in [5.74, 6) is 1.84. The zero-order valence-electron chi connectivity index (χ0n) is 18.2. The highest BCUT2D eigenvalue weighted by molar-refractivity contribution is 5.79. The number of ether oxygens (including phenoxy) is 2. The van der Waals surface area contributed by atoms with Gasteiger partial charge in [0.15, 0.2) is 0 Å². The highest BCUT2D eigenvalue weighted by atomic mass is 16.5. The van der Waals surface area contributed by atoms with Crippen LogP contribution in [0.3, 0.4) is 0 Å². The predicted molar refractivity (Wildman–Crippen MR) is 118 cm³/mol. The van der Waals surface area contributed by atoms with Gasteiger partial charge in [-0.2, -0.15) is 0 Å². The molecule has 4 rings (SSSR count). The molecule has 1 amide bonds. The molecule has 1 N–H and O–H groups in total. The molecular weight excluding hydrogens is 376 g/mol. The van der Waals surface area contributed by atoms with Crippen molar-refractivity contribution < 1.29 is 14.3 Å². The molecule has 1 fully saturated rings. The van der Waals surface area contributed by atoms with Gasteiger partial charge in [0.05, 0.1) is 13.2 Å². The summed E-state index contributed by atoms with van der Waals surface area (Å²) in [4.78, 5) is 15.5. The maximum atomic E-state index is 13.1. The summed E-state index contributed by atoms with van der Waals surface area (Å²) in [6, 6.07) is 16.3. The second-order valence-electron chi connectivity index (χ2n) is 9.07. The fourth-order valence-corrected chi connectivity index (χ4v) is 4.57. The second kappa shape index (κ2) is 8.68. The SMILES string of the molecule is COc1ccc2c(c1)C(NC(=O)C1CCN(Cc3ccccc3)CC1)CC(C)(C)O2. The third-order valence-corrected chi connectivity index (χ3v) is 6.20. The number of hydrogen-bond donors (Lipinski definition) is 1. The number of amides is 1. The molecule has 1 saturated heterocycles. The van der Waals surface area contributed by atoms with E-state index in [0.717, 1.165) is 56.0 Å². The summed E-state index contributed by atoms with van der Waals surface area (Å²) < 4.78 is 11.5. The van der Waals surface area contributed by atoms with Crippen LogP contribution in [0.5, 0.6) is 11.5 Å². The molecule has 0 bridgehead atoms. The molecule has 0 spiro atoms. The lowest BCUT2D eigenvalue weighted by Crippen LogP contribution is -2.45. The molecule has 2 aliphatic rings. The summed E-state index contributed by atoms with van der Waals surface area (Å²) in [6.07, 6.45) is 2.54. The van der Waals surface area contributed by atoms with Crippen LogP contribution in [0.2, 0.25) is 0 Å². The maximum absolute atomic E-state index is 13.1. The molecule has 1 unspecified atom stereocenters. The number of carbonyl (C=O) groups excluding carboxylic acids is 1. The van der Waals surface area contributed by atoms with Crippen molar-refractivity contribution in [3.05, 3.63) is 59.7 Å². The fraction of sp³-hybridized carbons (Fsp3) is 0.480. The first kappa shape index (κ1) is 20.7. The van der Waals surface area contributed by atoms with Gasteiger partial charge >= 0.3 is 0 Å². The molecule has 30 heavy (non-hydrogen) atoms. The zero-order chi connectivity index (χ0) is 21.1. The molecule has 2 heterocycles. The van der Waals surface area contributed by atoms with Gasteiger partial charge in [0.25, 0.3) is 0 Å². The van der Waals surface area contributed by atoms with E-state index in [1.54, 1.807) is 7.11 Å². The normalized spacial score (nSPS) is 21.4. The van der Waals surface area contributed by atoms with Crippen LogP contribution in [0.4, 0.5) is 0 Å². The fourth-order valence-electron chi connectivity index (χ4n) is 4.57. The van der Waals surface area contributed by atoms with Crippen LogP contribution < -0.4 is 14.8 Å². The molecule has 0 radical (unpaired) electrons. The first-order valence-electron chi connectivity index (χ1n) is 10.9. The highest BCUT2D eigenvalue weighted by Crippen LogP contribution is 2.41. The summed E-state index contributed by atoms with van der Waals surface area (Å²) in [5, 5.41) is 3.32. The monoisotopic (exact) mass is 408 g/mol. The Hall–Kier alpha value is -2.53. The Morgan fingerprint density at radius 1 is 1.17 bits per heavy atom. The van der Waals surface area contributed by atoms with Gasteiger partial charge in [0.1, 0.15) is 17.1 Å². The topological polar surface area (TPSA) is 50.8 Å². The molecule has 1 atom stereocenters. The number of hydrogen-bond acceptors (Lipinski definition) is 4. The van der Waals surface area contributed by atoms with Crippen LogP contribution in [0.25, 0.3) is 0 Å². The van der Waals surface area contributed by atoms with Crippen molar-refractivity contribution in [1.82, 2.24) is 10.2 Å². The summed E-state index contributed by atoms with van der Waals surface area (Å²) in [6.45, 7) is 7.01. The smallest absolute Gasteiger partial charge is 0.223 e. The van der Waals surface area contributed by atoms with Crippen molar-refractivity contribution >= 4 is 5.91 Å². The molecule has 2 aromatic rings. The van der Waals surface area contributed by atoms with Crippen LogP contribution in [0, 0.1) is 5.92 Å². The number of likely N-dealkylation sites (tertiary alicyclic amines) is 1. The average molecular weight is 409 g/mol. The Morgan fingerprint density at radius 2 is 1.90 bits per heavy atom. The Bertz CT molecular complexity index is 873. The molecule has 0 aromatic heterocycles. The van der Waals surface area contributed by atoms with Gasteiger partial charge in [0, 0.05) is 24.4 Å². The van der Waals surface area contributed by atoms with Gasteiger partial charge in [-0.15, -0.1) is 0 Å². The Kier molecular flexibility index (Phi) is 6.00. The van der Waals surface area contributed by atoms with Crippen LogP contribution in [-0.2, 0) is 11.3 Å². The summed E-state index contributed by atoms with van der Waals surface area (Å²) in [7, 11) is 1.66. The number of benzene rings is 2. The summed E-state index contributed by atoms with van der Waals surface area (Å²) in [5.41, 5.74) is 2.01. The zero-order valence-corrected chi connectivity index (χ0v) is 18.2. The van der Waals surface area contributed by atoms with Crippen molar-refractivity contribution in [2.24, 2.45) is 5.92 Å². The van der Waals surface area contributed by atoms with E-state index >= 15 is 0 Å². The number of fused-ring (bicyclic) bond motifs is 1. The van der Waals surface area contributed by atoms with Crippen molar-refractivity contribution in [3.63, 3.8) is 0 Å². The van der Waals surface area contributed by atoms with Crippen LogP contribution >= 0.6 is 0 Å². The lowest BCUT2D eigenvalue weighted by molar-refractivity contribution is -0.127. The maximum Gasteiger partial charge on any atom is 0.223 e. The Morgan fingerprint density at radius 3 is 2.60 bits per heavy atom. The van der Waals surface area contributed by atoms with Gasteiger partial charge in [-0.25, -0.2) is 0 Å². The lowest BCUT2D eigenvalue weighted by Gasteiger charge is -2.39. The minimum atomic E-state index is -0.321. The third kappa shape index (κ3) is 4.78. The number of nitrogens with one attached hydrogen (secondary N) is 1. The molecule has 160 valence electrons. The van der Waals surface area contributed by atoms with Gasteiger partial charge in [-0.1, -0.05) is 30.3 Å². The molecular formula is C25H32N2O3.